The van der Waals surface area contributed by atoms with Crippen molar-refractivity contribution in [1.82, 2.24) is 10.6 Å². The molecule has 0 aliphatic carbocycles. The molecule has 21 heavy (non-hydrogen) atoms. The zero-order chi connectivity index (χ0) is 15.1. The van der Waals surface area contributed by atoms with Crippen LogP contribution < -0.4 is 10.6 Å². The lowest BCUT2D eigenvalue weighted by Crippen LogP contribution is -2.36. The van der Waals surface area contributed by atoms with Crippen LogP contribution in [0.3, 0.4) is 0 Å². The minimum Gasteiger partial charge on any atom is -0.338 e. The predicted molar refractivity (Wildman–Crippen MR) is 81.5 cm³/mol. The van der Waals surface area contributed by atoms with Crippen molar-refractivity contribution in [2.75, 3.05) is 6.54 Å². The van der Waals surface area contributed by atoms with Gasteiger partial charge in [-0.1, -0.05) is 42.5 Å². The fraction of sp³-hybridized carbons (Fsp3) is 0.235. The molecule has 0 bridgehead atoms. The van der Waals surface area contributed by atoms with Crippen LogP contribution in [0, 0.1) is 12.7 Å². The van der Waals surface area contributed by atoms with Crippen molar-refractivity contribution in [3.05, 3.63) is 71.0 Å². The second-order valence-electron chi connectivity index (χ2n) is 4.93. The number of urea groups is 1. The molecule has 4 heteroatoms. The number of rotatable bonds is 5. The van der Waals surface area contributed by atoms with Crippen LogP contribution in [0.25, 0.3) is 0 Å². The molecule has 2 N–H and O–H groups in total. The van der Waals surface area contributed by atoms with E-state index in [4.69, 9.17) is 0 Å². The number of halogens is 1. The van der Waals surface area contributed by atoms with Crippen LogP contribution in [-0.2, 0) is 13.0 Å². The van der Waals surface area contributed by atoms with Gasteiger partial charge < -0.3 is 10.6 Å². The van der Waals surface area contributed by atoms with Gasteiger partial charge in [0.05, 0.1) is 0 Å². The Kier molecular flexibility index (Phi) is 5.32. The van der Waals surface area contributed by atoms with E-state index in [-0.39, 0.29) is 11.8 Å². The van der Waals surface area contributed by atoms with Gasteiger partial charge >= 0.3 is 6.03 Å². The molecule has 2 aromatic rings. The Balaban J connectivity index is 1.71. The van der Waals surface area contributed by atoms with Gasteiger partial charge in [0.1, 0.15) is 5.82 Å². The molecule has 0 atom stereocenters. The van der Waals surface area contributed by atoms with E-state index in [1.54, 1.807) is 19.1 Å². The number of carbonyl (C=O) groups excluding carboxylic acids is 1. The SMILES string of the molecule is Cc1cc(CNC(=O)NCCc2ccccc2)ccc1F. The zero-order valence-electron chi connectivity index (χ0n) is 12.0. The molecule has 0 aromatic heterocycles. The molecule has 2 aromatic carbocycles. The van der Waals surface area contributed by atoms with Gasteiger partial charge in [-0.2, -0.15) is 0 Å². The van der Waals surface area contributed by atoms with Crippen LogP contribution in [-0.4, -0.2) is 12.6 Å². The number of hydrogen-bond acceptors (Lipinski definition) is 1. The Morgan fingerprint density at radius 3 is 2.52 bits per heavy atom. The summed E-state index contributed by atoms with van der Waals surface area (Å²) in [5.74, 6) is -0.230. The van der Waals surface area contributed by atoms with E-state index in [1.165, 1.54) is 11.6 Å². The van der Waals surface area contributed by atoms with Crippen LogP contribution in [0.15, 0.2) is 48.5 Å². The van der Waals surface area contributed by atoms with Crippen molar-refractivity contribution in [1.29, 1.82) is 0 Å². The first-order valence-corrected chi connectivity index (χ1v) is 6.96. The Morgan fingerprint density at radius 2 is 1.81 bits per heavy atom. The first kappa shape index (κ1) is 15.0. The highest BCUT2D eigenvalue weighted by Crippen LogP contribution is 2.08. The molecule has 0 heterocycles. The average molecular weight is 286 g/mol. The topological polar surface area (TPSA) is 41.1 Å². The number of carbonyl (C=O) groups is 1. The van der Waals surface area contributed by atoms with E-state index >= 15 is 0 Å². The van der Waals surface area contributed by atoms with E-state index in [0.717, 1.165) is 12.0 Å². The van der Waals surface area contributed by atoms with Crippen LogP contribution in [0.1, 0.15) is 16.7 Å². The summed E-state index contributed by atoms with van der Waals surface area (Å²) in [7, 11) is 0. The number of aryl methyl sites for hydroxylation is 1. The van der Waals surface area contributed by atoms with Gasteiger partial charge in [-0.15, -0.1) is 0 Å². The number of amides is 2. The average Bonchev–Trinajstić information content (AvgIpc) is 2.49. The van der Waals surface area contributed by atoms with Crippen LogP contribution in [0.4, 0.5) is 9.18 Å². The van der Waals surface area contributed by atoms with Gasteiger partial charge in [-0.3, -0.25) is 0 Å². The van der Waals surface area contributed by atoms with Gasteiger partial charge in [0.25, 0.3) is 0 Å². The molecular weight excluding hydrogens is 267 g/mol. The zero-order valence-corrected chi connectivity index (χ0v) is 12.0. The Bertz CT molecular complexity index is 599. The predicted octanol–water partition coefficient (Wildman–Crippen LogP) is 3.18. The molecule has 0 saturated carbocycles. The molecule has 0 unspecified atom stereocenters. The second kappa shape index (κ2) is 7.43. The first-order valence-electron chi connectivity index (χ1n) is 6.96. The molecule has 110 valence electrons. The normalized spacial score (nSPS) is 10.2. The monoisotopic (exact) mass is 286 g/mol. The summed E-state index contributed by atoms with van der Waals surface area (Å²) >= 11 is 0. The molecule has 0 aliphatic rings. The highest BCUT2D eigenvalue weighted by atomic mass is 19.1. The Labute approximate surface area is 124 Å². The third-order valence-electron chi connectivity index (χ3n) is 3.22. The molecule has 0 fully saturated rings. The van der Waals surface area contributed by atoms with E-state index in [0.29, 0.717) is 18.7 Å². The van der Waals surface area contributed by atoms with Crippen molar-refractivity contribution in [3.63, 3.8) is 0 Å². The maximum Gasteiger partial charge on any atom is 0.315 e. The fourth-order valence-electron chi connectivity index (χ4n) is 2.03. The van der Waals surface area contributed by atoms with E-state index in [9.17, 15) is 9.18 Å². The minimum atomic E-state index is -0.230. The van der Waals surface area contributed by atoms with Crippen LogP contribution >= 0.6 is 0 Å². The molecule has 0 saturated heterocycles. The lowest BCUT2D eigenvalue weighted by molar-refractivity contribution is 0.240. The van der Waals surface area contributed by atoms with E-state index in [1.807, 2.05) is 30.3 Å². The molecule has 3 nitrogen and oxygen atoms in total. The molecular formula is C17H19FN2O. The van der Waals surface area contributed by atoms with Crippen LogP contribution in [0.2, 0.25) is 0 Å². The van der Waals surface area contributed by atoms with E-state index in [2.05, 4.69) is 10.6 Å². The maximum absolute atomic E-state index is 13.1. The lowest BCUT2D eigenvalue weighted by Gasteiger charge is -2.08. The highest BCUT2D eigenvalue weighted by molar-refractivity contribution is 5.73. The molecule has 0 spiro atoms. The van der Waals surface area contributed by atoms with Gasteiger partial charge in [0.15, 0.2) is 0 Å². The third kappa shape index (κ3) is 4.91. The summed E-state index contributed by atoms with van der Waals surface area (Å²) < 4.78 is 13.1. The second-order valence-corrected chi connectivity index (χ2v) is 4.93. The fourth-order valence-corrected chi connectivity index (χ4v) is 2.03. The Hall–Kier alpha value is -2.36. The number of hydrogen-bond donors (Lipinski definition) is 2. The van der Waals surface area contributed by atoms with Crippen molar-refractivity contribution >= 4 is 6.03 Å². The molecule has 2 amide bonds. The summed E-state index contributed by atoms with van der Waals surface area (Å²) in [5.41, 5.74) is 2.65. The van der Waals surface area contributed by atoms with Crippen molar-refractivity contribution in [3.8, 4) is 0 Å². The van der Waals surface area contributed by atoms with Crippen molar-refractivity contribution in [2.45, 2.75) is 19.9 Å². The summed E-state index contributed by atoms with van der Waals surface area (Å²) in [6.07, 6.45) is 0.796. The molecule has 0 radical (unpaired) electrons. The first-order chi connectivity index (χ1) is 10.1. The lowest BCUT2D eigenvalue weighted by atomic mass is 10.1. The number of benzene rings is 2. The molecule has 0 aliphatic heterocycles. The minimum absolute atomic E-state index is 0.215. The van der Waals surface area contributed by atoms with Gasteiger partial charge in [0, 0.05) is 13.1 Å². The summed E-state index contributed by atoms with van der Waals surface area (Å²) in [4.78, 5) is 11.7. The number of nitrogens with one attached hydrogen (secondary N) is 2. The molecule has 2 rings (SSSR count). The maximum atomic E-state index is 13.1. The largest absolute Gasteiger partial charge is 0.338 e. The van der Waals surface area contributed by atoms with Crippen LogP contribution in [0.5, 0.6) is 0 Å². The van der Waals surface area contributed by atoms with Crippen molar-refractivity contribution < 1.29 is 9.18 Å². The van der Waals surface area contributed by atoms with Gasteiger partial charge in [-0.05, 0) is 36.1 Å². The highest BCUT2D eigenvalue weighted by Gasteiger charge is 2.02. The smallest absolute Gasteiger partial charge is 0.315 e. The summed E-state index contributed by atoms with van der Waals surface area (Å²) in [6.45, 7) is 2.68. The summed E-state index contributed by atoms with van der Waals surface area (Å²) in [5, 5.41) is 5.56. The quantitative estimate of drug-likeness (QED) is 0.871. The van der Waals surface area contributed by atoms with Gasteiger partial charge in [0.2, 0.25) is 0 Å². The van der Waals surface area contributed by atoms with Crippen molar-refractivity contribution in [2.24, 2.45) is 0 Å². The third-order valence-corrected chi connectivity index (χ3v) is 3.22. The van der Waals surface area contributed by atoms with E-state index < -0.39 is 0 Å². The standard InChI is InChI=1S/C17H19FN2O/c1-13-11-15(7-8-16(13)18)12-20-17(21)19-10-9-14-5-3-2-4-6-14/h2-8,11H,9-10,12H2,1H3,(H2,19,20,21). The summed E-state index contributed by atoms with van der Waals surface area (Å²) in [6, 6.07) is 14.6. The van der Waals surface area contributed by atoms with Gasteiger partial charge in [-0.25, -0.2) is 9.18 Å². The Morgan fingerprint density at radius 1 is 1.05 bits per heavy atom.